The molecule has 0 N–H and O–H groups in total. The number of hydrogen-bond acceptors (Lipinski definition) is 0. The van der Waals surface area contributed by atoms with Gasteiger partial charge in [0.25, 0.3) is 0 Å². The second kappa shape index (κ2) is 18.9. The highest BCUT2D eigenvalue weighted by molar-refractivity contribution is 5.75. The van der Waals surface area contributed by atoms with Gasteiger partial charge in [0.15, 0.2) is 17.4 Å². The molecule has 0 heterocycles. The Morgan fingerprint density at radius 1 is 0.529 bits per heavy atom. The Labute approximate surface area is 121 Å². The van der Waals surface area contributed by atoms with Crippen LogP contribution in [0.25, 0.3) is 0 Å². The number of unbranched alkanes of at least 4 members (excludes halogenated alkanes) is 13. The van der Waals surface area contributed by atoms with Crippen LogP contribution in [0.2, 0.25) is 0 Å². The Balaban J connectivity index is 0. The predicted molar refractivity (Wildman–Crippen MR) is 85.6 cm³/mol. The molecule has 0 rings (SSSR count). The summed E-state index contributed by atoms with van der Waals surface area (Å²) in [6, 6.07) is 0. The Morgan fingerprint density at radius 3 is 1.12 bits per heavy atom. The van der Waals surface area contributed by atoms with Crippen molar-refractivity contribution < 1.29 is 0 Å². The van der Waals surface area contributed by atoms with Gasteiger partial charge in [0.1, 0.15) is 0 Å². The van der Waals surface area contributed by atoms with Gasteiger partial charge in [-0.15, -0.1) is 0 Å². The molecule has 0 aliphatic rings. The summed E-state index contributed by atoms with van der Waals surface area (Å²) >= 11 is 0. The van der Waals surface area contributed by atoms with Gasteiger partial charge in [0, 0.05) is 0 Å². The van der Waals surface area contributed by atoms with E-state index in [1.165, 1.54) is 83.5 Å². The van der Waals surface area contributed by atoms with Crippen molar-refractivity contribution in [2.75, 3.05) is 0 Å². The summed E-state index contributed by atoms with van der Waals surface area (Å²) in [6.07, 6.45) is 19.8. The molecule has 0 atom stereocenters. The van der Waals surface area contributed by atoms with Crippen LogP contribution in [-0.2, 0) is 0 Å². The lowest BCUT2D eigenvalue weighted by molar-refractivity contribution is 0.540. The minimum absolute atomic E-state index is 0. The van der Waals surface area contributed by atoms with Gasteiger partial charge < -0.3 is 0 Å². The fourth-order valence-electron chi connectivity index (χ4n) is 2.19. The third-order valence-electron chi connectivity index (χ3n) is 3.35. The molecular formula is C16H36Al. The normalized spacial score (nSPS) is 10.2. The van der Waals surface area contributed by atoms with Crippen LogP contribution in [0.15, 0.2) is 0 Å². The largest absolute Gasteiger partial charge is 0.187 e. The molecule has 1 heteroatoms. The summed E-state index contributed by atoms with van der Waals surface area (Å²) in [6.45, 7) is 6.16. The molecule has 17 heavy (non-hydrogen) atoms. The molecule has 0 aromatic carbocycles. The van der Waals surface area contributed by atoms with Gasteiger partial charge >= 0.3 is 0 Å². The minimum Gasteiger partial charge on any atom is -0.0654 e. The molecule has 0 saturated heterocycles. The fourth-order valence-corrected chi connectivity index (χ4v) is 2.19. The van der Waals surface area contributed by atoms with Crippen molar-refractivity contribution in [3.8, 4) is 0 Å². The zero-order valence-electron chi connectivity index (χ0n) is 11.6. The maximum absolute atomic E-state index is 3.87. The molecule has 0 aliphatic carbocycles. The highest BCUT2D eigenvalue weighted by Crippen LogP contribution is 2.12. The zero-order valence-corrected chi connectivity index (χ0v) is 11.6. The van der Waals surface area contributed by atoms with Gasteiger partial charge in [-0.25, -0.2) is 0 Å². The first-order chi connectivity index (χ1) is 7.91. The van der Waals surface area contributed by atoms with E-state index in [1.807, 2.05) is 0 Å². The first kappa shape index (κ1) is 19.9. The third-order valence-corrected chi connectivity index (χ3v) is 3.35. The molecule has 0 unspecified atom stereocenters. The summed E-state index contributed by atoms with van der Waals surface area (Å²) in [5, 5.41) is 0. The first-order valence-corrected chi connectivity index (χ1v) is 7.71. The molecule has 0 saturated carbocycles. The predicted octanol–water partition coefficient (Wildman–Crippen LogP) is 5.12. The highest BCUT2D eigenvalue weighted by atomic mass is 27.0. The number of hydrogen-bond donors (Lipinski definition) is 0. The van der Waals surface area contributed by atoms with Crippen LogP contribution in [-0.4, -0.2) is 17.4 Å². The molecule has 103 valence electrons. The Morgan fingerprint density at radius 2 is 0.824 bits per heavy atom. The minimum atomic E-state index is 0. The molecule has 1 radical (unpaired) electrons. The SMILES string of the molecule is [AlH3].[CH2]CCCCCCCCCCCCCCC. The van der Waals surface area contributed by atoms with Crippen LogP contribution in [0.1, 0.15) is 96.8 Å². The van der Waals surface area contributed by atoms with Crippen LogP contribution in [0.4, 0.5) is 0 Å². The lowest BCUT2D eigenvalue weighted by Gasteiger charge is -2.02. The van der Waals surface area contributed by atoms with E-state index in [0.717, 1.165) is 6.42 Å². The summed E-state index contributed by atoms with van der Waals surface area (Å²) in [5.74, 6) is 0. The van der Waals surface area contributed by atoms with Gasteiger partial charge in [-0.3, -0.25) is 0 Å². The average molecular weight is 255 g/mol. The van der Waals surface area contributed by atoms with E-state index in [9.17, 15) is 0 Å². The summed E-state index contributed by atoms with van der Waals surface area (Å²) in [4.78, 5) is 0. The van der Waals surface area contributed by atoms with Crippen LogP contribution >= 0.6 is 0 Å². The molecular weight excluding hydrogens is 219 g/mol. The van der Waals surface area contributed by atoms with Gasteiger partial charge in [0.2, 0.25) is 0 Å². The van der Waals surface area contributed by atoms with E-state index < -0.39 is 0 Å². The molecule has 0 spiro atoms. The zero-order chi connectivity index (χ0) is 11.9. The molecule has 0 aliphatic heterocycles. The van der Waals surface area contributed by atoms with E-state index in [-0.39, 0.29) is 17.4 Å². The van der Waals surface area contributed by atoms with Gasteiger partial charge in [-0.2, -0.15) is 0 Å². The van der Waals surface area contributed by atoms with Gasteiger partial charge in [-0.05, 0) is 0 Å². The molecule has 0 nitrogen and oxygen atoms in total. The Hall–Kier alpha value is 0.532. The molecule has 0 bridgehead atoms. The maximum Gasteiger partial charge on any atom is 0.187 e. The third kappa shape index (κ3) is 19.1. The van der Waals surface area contributed by atoms with E-state index >= 15 is 0 Å². The summed E-state index contributed by atoms with van der Waals surface area (Å²) in [7, 11) is 0. The van der Waals surface area contributed by atoms with Crippen LogP contribution in [0.5, 0.6) is 0 Å². The second-order valence-corrected chi connectivity index (χ2v) is 5.10. The number of rotatable bonds is 13. The molecule has 0 aromatic rings. The van der Waals surface area contributed by atoms with Gasteiger partial charge in [-0.1, -0.05) is 104 Å². The molecule has 0 amide bonds. The van der Waals surface area contributed by atoms with Crippen molar-refractivity contribution in [1.82, 2.24) is 0 Å². The van der Waals surface area contributed by atoms with E-state index in [4.69, 9.17) is 0 Å². The van der Waals surface area contributed by atoms with E-state index in [2.05, 4.69) is 13.8 Å². The highest BCUT2D eigenvalue weighted by Gasteiger charge is 1.92. The fraction of sp³-hybridized carbons (Fsp3) is 0.938. The first-order valence-electron chi connectivity index (χ1n) is 7.71. The van der Waals surface area contributed by atoms with Gasteiger partial charge in [0.05, 0.1) is 0 Å². The summed E-state index contributed by atoms with van der Waals surface area (Å²) in [5.41, 5.74) is 0. The molecule has 0 aromatic heterocycles. The Kier molecular flexibility index (Phi) is 22.1. The van der Waals surface area contributed by atoms with Crippen molar-refractivity contribution in [3.05, 3.63) is 6.92 Å². The summed E-state index contributed by atoms with van der Waals surface area (Å²) < 4.78 is 0. The van der Waals surface area contributed by atoms with Crippen molar-refractivity contribution in [2.45, 2.75) is 96.8 Å². The Bertz CT molecular complexity index is 98.1. The quantitative estimate of drug-likeness (QED) is 0.316. The maximum atomic E-state index is 3.87. The smallest absolute Gasteiger partial charge is 0.0654 e. The van der Waals surface area contributed by atoms with Crippen LogP contribution < -0.4 is 0 Å². The molecule has 0 fully saturated rings. The van der Waals surface area contributed by atoms with E-state index in [0.29, 0.717) is 0 Å². The lowest BCUT2D eigenvalue weighted by Crippen LogP contribution is -1.82. The average Bonchev–Trinajstić information content (AvgIpc) is 2.31. The van der Waals surface area contributed by atoms with Crippen LogP contribution in [0, 0.1) is 6.92 Å². The topological polar surface area (TPSA) is 0 Å². The van der Waals surface area contributed by atoms with Crippen LogP contribution in [0.3, 0.4) is 0 Å². The van der Waals surface area contributed by atoms with Crippen molar-refractivity contribution in [2.24, 2.45) is 0 Å². The van der Waals surface area contributed by atoms with Crippen molar-refractivity contribution in [3.63, 3.8) is 0 Å². The second-order valence-electron chi connectivity index (χ2n) is 5.10. The monoisotopic (exact) mass is 255 g/mol. The van der Waals surface area contributed by atoms with E-state index in [1.54, 1.807) is 0 Å². The lowest BCUT2D eigenvalue weighted by atomic mass is 10.0. The van der Waals surface area contributed by atoms with Crippen molar-refractivity contribution in [1.29, 1.82) is 0 Å². The van der Waals surface area contributed by atoms with Crippen molar-refractivity contribution >= 4 is 17.4 Å². The standard InChI is InChI=1S/C16H33.Al.3H/c1-3-5-7-9-11-13-15-16-14-12-10-8-6-4-2;;;;/h1,3-16H2,2H3;;;;.